The van der Waals surface area contributed by atoms with Gasteiger partial charge in [0.05, 0.1) is 5.41 Å². The minimum absolute atomic E-state index is 0.0902. The highest BCUT2D eigenvalue weighted by Gasteiger charge is 2.42. The Morgan fingerprint density at radius 3 is 2.26 bits per heavy atom. The quantitative estimate of drug-likeness (QED) is 0.719. The van der Waals surface area contributed by atoms with Gasteiger partial charge in [0.15, 0.2) is 0 Å². The molecule has 2 aliphatic rings. The van der Waals surface area contributed by atoms with Crippen molar-refractivity contribution in [1.29, 1.82) is 0 Å². The highest BCUT2D eigenvalue weighted by molar-refractivity contribution is 5.84. The van der Waals surface area contributed by atoms with E-state index in [2.05, 4.69) is 0 Å². The molecule has 0 aromatic heterocycles. The second kappa shape index (κ2) is 5.88. The Morgan fingerprint density at radius 2 is 1.79 bits per heavy atom. The van der Waals surface area contributed by atoms with Crippen LogP contribution in [0.4, 0.5) is 0 Å². The van der Waals surface area contributed by atoms with Crippen LogP contribution in [0, 0.1) is 11.3 Å². The number of likely N-dealkylation sites (tertiary alicyclic amines) is 1. The Kier molecular flexibility index (Phi) is 4.42. The lowest BCUT2D eigenvalue weighted by atomic mass is 9.78. The number of nitrogens with zero attached hydrogens (tertiary/aromatic N) is 1. The second-order valence-corrected chi connectivity index (χ2v) is 5.57. The van der Waals surface area contributed by atoms with E-state index in [9.17, 15) is 9.59 Å². The molecule has 0 aliphatic carbocycles. The summed E-state index contributed by atoms with van der Waals surface area (Å²) in [7, 11) is 0. The van der Waals surface area contributed by atoms with E-state index < -0.39 is 5.41 Å². The summed E-state index contributed by atoms with van der Waals surface area (Å²) in [6.45, 7) is 2.77. The van der Waals surface area contributed by atoms with Crippen molar-refractivity contribution < 1.29 is 14.3 Å². The lowest BCUT2D eigenvalue weighted by molar-refractivity contribution is -0.149. The van der Waals surface area contributed by atoms with Gasteiger partial charge in [-0.2, -0.15) is 0 Å². The normalized spacial score (nSPS) is 24.2. The first-order valence-corrected chi connectivity index (χ1v) is 6.95. The van der Waals surface area contributed by atoms with Gasteiger partial charge >= 0.3 is 0 Å². The van der Waals surface area contributed by atoms with Crippen LogP contribution in [-0.2, 0) is 14.3 Å². The van der Waals surface area contributed by atoms with E-state index in [1.165, 1.54) is 0 Å². The number of ether oxygens (including phenoxy) is 1. The van der Waals surface area contributed by atoms with E-state index >= 15 is 0 Å². The van der Waals surface area contributed by atoms with Crippen LogP contribution < -0.4 is 11.5 Å². The van der Waals surface area contributed by atoms with Gasteiger partial charge in [0, 0.05) is 38.8 Å². The summed E-state index contributed by atoms with van der Waals surface area (Å²) in [5.74, 6) is -0.222. The van der Waals surface area contributed by atoms with Gasteiger partial charge in [-0.15, -0.1) is 0 Å². The van der Waals surface area contributed by atoms with E-state index in [1.807, 2.05) is 4.90 Å². The number of amides is 2. The molecule has 108 valence electrons. The molecule has 6 heteroatoms. The van der Waals surface area contributed by atoms with Crippen molar-refractivity contribution in [3.63, 3.8) is 0 Å². The summed E-state index contributed by atoms with van der Waals surface area (Å²) in [4.78, 5) is 25.6. The Hall–Kier alpha value is -1.14. The van der Waals surface area contributed by atoms with Crippen molar-refractivity contribution in [2.24, 2.45) is 22.8 Å². The molecule has 0 bridgehead atoms. The number of nitrogens with two attached hydrogens (primary N) is 2. The first-order valence-electron chi connectivity index (χ1n) is 6.95. The maximum absolute atomic E-state index is 12.7. The van der Waals surface area contributed by atoms with Gasteiger partial charge in [-0.3, -0.25) is 9.59 Å². The summed E-state index contributed by atoms with van der Waals surface area (Å²) in [6.07, 6.45) is 2.71. The van der Waals surface area contributed by atoms with E-state index in [4.69, 9.17) is 16.2 Å². The monoisotopic (exact) mass is 269 g/mol. The average molecular weight is 269 g/mol. The van der Waals surface area contributed by atoms with Gasteiger partial charge in [0.25, 0.3) is 0 Å². The van der Waals surface area contributed by atoms with Crippen LogP contribution >= 0.6 is 0 Å². The third kappa shape index (κ3) is 2.90. The van der Waals surface area contributed by atoms with Crippen molar-refractivity contribution in [2.45, 2.75) is 25.7 Å². The minimum atomic E-state index is -0.461. The van der Waals surface area contributed by atoms with E-state index in [0.717, 1.165) is 0 Å². The molecule has 19 heavy (non-hydrogen) atoms. The number of piperidine rings is 1. The third-order valence-corrected chi connectivity index (χ3v) is 4.48. The molecule has 2 saturated heterocycles. The summed E-state index contributed by atoms with van der Waals surface area (Å²) in [6, 6.07) is 0. The van der Waals surface area contributed by atoms with Crippen LogP contribution in [0.1, 0.15) is 25.7 Å². The van der Waals surface area contributed by atoms with E-state index in [-0.39, 0.29) is 17.7 Å². The van der Waals surface area contributed by atoms with Gasteiger partial charge in [-0.05, 0) is 25.7 Å². The molecule has 2 fully saturated rings. The van der Waals surface area contributed by atoms with Gasteiger partial charge in [0.1, 0.15) is 0 Å². The number of hydrogen-bond donors (Lipinski definition) is 2. The highest BCUT2D eigenvalue weighted by Crippen LogP contribution is 2.33. The third-order valence-electron chi connectivity index (χ3n) is 4.48. The molecule has 2 aliphatic heterocycles. The van der Waals surface area contributed by atoms with Gasteiger partial charge in [-0.1, -0.05) is 0 Å². The molecule has 0 spiro atoms. The molecular formula is C13H23N3O3. The van der Waals surface area contributed by atoms with Crippen molar-refractivity contribution in [1.82, 2.24) is 4.90 Å². The fourth-order valence-corrected chi connectivity index (χ4v) is 2.97. The predicted molar refractivity (Wildman–Crippen MR) is 70.0 cm³/mol. The first kappa shape index (κ1) is 14.3. The summed E-state index contributed by atoms with van der Waals surface area (Å²) in [5, 5.41) is 0. The summed E-state index contributed by atoms with van der Waals surface area (Å²) >= 11 is 0. The number of carbonyl (C=O) groups is 2. The van der Waals surface area contributed by atoms with Crippen molar-refractivity contribution in [3.8, 4) is 0 Å². The molecule has 0 aromatic rings. The molecule has 0 radical (unpaired) electrons. The van der Waals surface area contributed by atoms with Gasteiger partial charge < -0.3 is 21.1 Å². The molecule has 2 rings (SSSR count). The predicted octanol–water partition coefficient (Wildman–Crippen LogP) is -0.534. The van der Waals surface area contributed by atoms with Crippen LogP contribution in [0.5, 0.6) is 0 Å². The van der Waals surface area contributed by atoms with Crippen LogP contribution in [0.3, 0.4) is 0 Å². The zero-order chi connectivity index (χ0) is 13.9. The fourth-order valence-electron chi connectivity index (χ4n) is 2.97. The lowest BCUT2D eigenvalue weighted by Crippen LogP contribution is -2.53. The van der Waals surface area contributed by atoms with Crippen LogP contribution in [-0.4, -0.2) is 49.6 Å². The standard InChI is InChI=1S/C13H23N3O3/c14-9-13(3-7-19-8-4-13)12(18)16-5-1-10(2-6-16)11(15)17/h10H,1-9,14H2,(H2,15,17). The molecule has 4 N–H and O–H groups in total. The minimum Gasteiger partial charge on any atom is -0.381 e. The van der Waals surface area contributed by atoms with E-state index in [1.54, 1.807) is 0 Å². The number of carbonyl (C=O) groups excluding carboxylic acids is 2. The smallest absolute Gasteiger partial charge is 0.230 e. The Balaban J connectivity index is 1.98. The van der Waals surface area contributed by atoms with E-state index in [0.29, 0.717) is 58.5 Å². The van der Waals surface area contributed by atoms with Crippen LogP contribution in [0.25, 0.3) is 0 Å². The molecule has 0 unspecified atom stereocenters. The maximum atomic E-state index is 12.7. The molecule has 2 heterocycles. The Bertz CT molecular complexity index is 345. The Labute approximate surface area is 113 Å². The molecular weight excluding hydrogens is 246 g/mol. The summed E-state index contributed by atoms with van der Waals surface area (Å²) in [5.41, 5.74) is 10.7. The number of primary amides is 1. The van der Waals surface area contributed by atoms with Crippen LogP contribution in [0.15, 0.2) is 0 Å². The number of hydrogen-bond acceptors (Lipinski definition) is 4. The maximum Gasteiger partial charge on any atom is 0.230 e. The first-order chi connectivity index (χ1) is 9.09. The van der Waals surface area contributed by atoms with Crippen LogP contribution in [0.2, 0.25) is 0 Å². The average Bonchev–Trinajstić information content (AvgIpc) is 2.47. The SMILES string of the molecule is NCC1(C(=O)N2CCC(C(N)=O)CC2)CCOCC1. The molecule has 2 amide bonds. The molecule has 0 saturated carbocycles. The van der Waals surface area contributed by atoms with Gasteiger partial charge in [0.2, 0.25) is 11.8 Å². The second-order valence-electron chi connectivity index (χ2n) is 5.57. The zero-order valence-electron chi connectivity index (χ0n) is 11.3. The molecule has 0 atom stereocenters. The summed E-state index contributed by atoms with van der Waals surface area (Å²) < 4.78 is 5.33. The lowest BCUT2D eigenvalue weighted by Gasteiger charge is -2.41. The van der Waals surface area contributed by atoms with Crippen molar-refractivity contribution in [2.75, 3.05) is 32.8 Å². The molecule has 6 nitrogen and oxygen atoms in total. The zero-order valence-corrected chi connectivity index (χ0v) is 11.3. The van der Waals surface area contributed by atoms with Gasteiger partial charge in [-0.25, -0.2) is 0 Å². The van der Waals surface area contributed by atoms with Crippen molar-refractivity contribution >= 4 is 11.8 Å². The topological polar surface area (TPSA) is 98.7 Å². The largest absolute Gasteiger partial charge is 0.381 e. The van der Waals surface area contributed by atoms with Crippen molar-refractivity contribution in [3.05, 3.63) is 0 Å². The highest BCUT2D eigenvalue weighted by atomic mass is 16.5. The number of rotatable bonds is 3. The Morgan fingerprint density at radius 1 is 1.21 bits per heavy atom. The molecule has 0 aromatic carbocycles. The fraction of sp³-hybridized carbons (Fsp3) is 0.846.